The van der Waals surface area contributed by atoms with Gasteiger partial charge >= 0.3 is 0 Å². The van der Waals surface area contributed by atoms with Crippen LogP contribution in [0.4, 0.5) is 0 Å². The first kappa shape index (κ1) is 6.39. The Bertz CT molecular complexity index is 251. The molecule has 58 valence electrons. The van der Waals surface area contributed by atoms with E-state index in [-0.39, 0.29) is 5.91 Å². The number of hydrogen-bond acceptors (Lipinski definition) is 3. The van der Waals surface area contributed by atoms with Crippen LogP contribution >= 0.6 is 0 Å². The number of aromatic nitrogens is 1. The van der Waals surface area contributed by atoms with Crippen LogP contribution in [-0.4, -0.2) is 29.1 Å². The van der Waals surface area contributed by atoms with Crippen LogP contribution in [0.3, 0.4) is 0 Å². The van der Waals surface area contributed by atoms with Crippen molar-refractivity contribution in [1.29, 1.82) is 0 Å². The summed E-state index contributed by atoms with van der Waals surface area (Å²) in [5.41, 5.74) is 0.710. The van der Waals surface area contributed by atoms with E-state index in [1.165, 1.54) is 6.26 Å². The molecule has 0 bridgehead atoms. The summed E-state index contributed by atoms with van der Waals surface area (Å²) in [7, 11) is 0. The van der Waals surface area contributed by atoms with Crippen molar-refractivity contribution in [2.45, 2.75) is 6.42 Å². The standard InChI is InChI=1S/C7H8N2O2/c10-7(9-2-3-9)5-6-1-4-11-8-6/h1,4H,2-3,5H2. The summed E-state index contributed by atoms with van der Waals surface area (Å²) in [5, 5.41) is 3.64. The van der Waals surface area contributed by atoms with Gasteiger partial charge < -0.3 is 9.42 Å². The Morgan fingerprint density at radius 3 is 3.09 bits per heavy atom. The van der Waals surface area contributed by atoms with Crippen LogP contribution in [0.2, 0.25) is 0 Å². The number of carbonyl (C=O) groups excluding carboxylic acids is 1. The smallest absolute Gasteiger partial charge is 0.228 e. The van der Waals surface area contributed by atoms with Crippen molar-refractivity contribution >= 4 is 5.91 Å². The highest BCUT2D eigenvalue weighted by Gasteiger charge is 2.24. The lowest BCUT2D eigenvalue weighted by Gasteiger charge is -1.95. The average Bonchev–Trinajstić information content (AvgIpc) is 2.73. The van der Waals surface area contributed by atoms with Gasteiger partial charge in [0.05, 0.1) is 12.1 Å². The Morgan fingerprint density at radius 2 is 2.55 bits per heavy atom. The Morgan fingerprint density at radius 1 is 1.73 bits per heavy atom. The van der Waals surface area contributed by atoms with Crippen LogP contribution in [0.25, 0.3) is 0 Å². The fourth-order valence-electron chi connectivity index (χ4n) is 0.895. The minimum atomic E-state index is 0.138. The summed E-state index contributed by atoms with van der Waals surface area (Å²) in [6.45, 7) is 1.80. The predicted molar refractivity (Wildman–Crippen MR) is 36.8 cm³/mol. The Balaban J connectivity index is 1.94. The van der Waals surface area contributed by atoms with Crippen LogP contribution in [0.15, 0.2) is 16.9 Å². The van der Waals surface area contributed by atoms with Gasteiger partial charge in [0.1, 0.15) is 6.26 Å². The number of rotatable bonds is 2. The zero-order valence-corrected chi connectivity index (χ0v) is 5.99. The van der Waals surface area contributed by atoms with Gasteiger partial charge in [0.15, 0.2) is 0 Å². The first-order valence-corrected chi connectivity index (χ1v) is 3.53. The molecule has 0 saturated carbocycles. The normalized spacial score (nSPS) is 15.1. The molecule has 0 N–H and O–H groups in total. The van der Waals surface area contributed by atoms with E-state index in [1.807, 2.05) is 0 Å². The molecule has 2 rings (SSSR count). The largest absolute Gasteiger partial charge is 0.364 e. The number of carbonyl (C=O) groups is 1. The molecule has 0 unspecified atom stereocenters. The van der Waals surface area contributed by atoms with Gasteiger partial charge in [0.2, 0.25) is 5.91 Å². The number of nitrogens with zero attached hydrogens (tertiary/aromatic N) is 2. The highest BCUT2D eigenvalue weighted by atomic mass is 16.5. The predicted octanol–water partition coefficient (Wildman–Crippen LogP) is 0.0593. The number of amides is 1. The molecule has 0 aromatic carbocycles. The second-order valence-electron chi connectivity index (χ2n) is 2.55. The minimum absolute atomic E-state index is 0.138. The maximum Gasteiger partial charge on any atom is 0.228 e. The van der Waals surface area contributed by atoms with Crippen molar-refractivity contribution in [2.75, 3.05) is 13.1 Å². The van der Waals surface area contributed by atoms with Gasteiger partial charge in [-0.1, -0.05) is 5.16 Å². The molecule has 0 radical (unpaired) electrons. The Kier molecular flexibility index (Phi) is 1.38. The van der Waals surface area contributed by atoms with Crippen LogP contribution in [0, 0.1) is 0 Å². The molecule has 2 heterocycles. The third kappa shape index (κ3) is 1.39. The van der Waals surface area contributed by atoms with E-state index in [0.29, 0.717) is 12.1 Å². The summed E-state index contributed by atoms with van der Waals surface area (Å²) < 4.78 is 4.59. The summed E-state index contributed by atoms with van der Waals surface area (Å²) in [6.07, 6.45) is 1.85. The maximum absolute atomic E-state index is 11.1. The zero-order chi connectivity index (χ0) is 7.68. The number of hydrogen-bond donors (Lipinski definition) is 0. The molecule has 0 aliphatic carbocycles. The van der Waals surface area contributed by atoms with E-state index in [0.717, 1.165) is 13.1 Å². The molecule has 1 aromatic heterocycles. The lowest BCUT2D eigenvalue weighted by molar-refractivity contribution is -0.125. The molecule has 1 fully saturated rings. The van der Waals surface area contributed by atoms with Crippen molar-refractivity contribution < 1.29 is 9.32 Å². The quantitative estimate of drug-likeness (QED) is 0.563. The Hall–Kier alpha value is -1.32. The zero-order valence-electron chi connectivity index (χ0n) is 5.99. The van der Waals surface area contributed by atoms with E-state index < -0.39 is 0 Å². The Labute approximate surface area is 63.8 Å². The van der Waals surface area contributed by atoms with Crippen molar-refractivity contribution in [1.82, 2.24) is 10.1 Å². The molecule has 0 atom stereocenters. The first-order chi connectivity index (χ1) is 5.36. The van der Waals surface area contributed by atoms with Crippen molar-refractivity contribution in [2.24, 2.45) is 0 Å². The molecule has 4 nitrogen and oxygen atoms in total. The van der Waals surface area contributed by atoms with Gasteiger partial charge in [0, 0.05) is 19.2 Å². The molecule has 1 saturated heterocycles. The molecular weight excluding hydrogens is 144 g/mol. The van der Waals surface area contributed by atoms with Crippen LogP contribution < -0.4 is 0 Å². The second-order valence-corrected chi connectivity index (χ2v) is 2.55. The van der Waals surface area contributed by atoms with E-state index in [1.54, 1.807) is 11.0 Å². The van der Waals surface area contributed by atoms with Crippen LogP contribution in [-0.2, 0) is 11.2 Å². The molecule has 1 aliphatic rings. The SMILES string of the molecule is O=C(Cc1ccon1)N1CC1. The molecule has 1 aromatic rings. The van der Waals surface area contributed by atoms with Gasteiger partial charge in [-0.3, -0.25) is 4.79 Å². The molecule has 11 heavy (non-hydrogen) atoms. The summed E-state index contributed by atoms with van der Waals surface area (Å²) in [4.78, 5) is 12.9. The van der Waals surface area contributed by atoms with Gasteiger partial charge in [-0.15, -0.1) is 0 Å². The van der Waals surface area contributed by atoms with Crippen molar-refractivity contribution in [3.05, 3.63) is 18.0 Å². The lowest BCUT2D eigenvalue weighted by atomic mass is 10.3. The average molecular weight is 152 g/mol. The maximum atomic E-state index is 11.1. The summed E-state index contributed by atoms with van der Waals surface area (Å²) >= 11 is 0. The van der Waals surface area contributed by atoms with Gasteiger partial charge in [-0.25, -0.2) is 0 Å². The van der Waals surface area contributed by atoms with Crippen molar-refractivity contribution in [3.63, 3.8) is 0 Å². The second kappa shape index (κ2) is 2.38. The third-order valence-electron chi connectivity index (χ3n) is 1.62. The van der Waals surface area contributed by atoms with E-state index in [2.05, 4.69) is 9.68 Å². The lowest BCUT2D eigenvalue weighted by Crippen LogP contribution is -2.13. The van der Waals surface area contributed by atoms with E-state index in [9.17, 15) is 4.79 Å². The molecular formula is C7H8N2O2. The van der Waals surface area contributed by atoms with Crippen molar-refractivity contribution in [3.8, 4) is 0 Å². The van der Waals surface area contributed by atoms with E-state index in [4.69, 9.17) is 0 Å². The minimum Gasteiger partial charge on any atom is -0.364 e. The first-order valence-electron chi connectivity index (χ1n) is 3.53. The third-order valence-corrected chi connectivity index (χ3v) is 1.62. The highest BCUT2D eigenvalue weighted by molar-refractivity contribution is 5.80. The summed E-state index contributed by atoms with van der Waals surface area (Å²) in [5.74, 6) is 0.138. The summed E-state index contributed by atoms with van der Waals surface area (Å²) in [6, 6.07) is 1.71. The fourth-order valence-corrected chi connectivity index (χ4v) is 0.895. The van der Waals surface area contributed by atoms with Gasteiger partial charge in [0.25, 0.3) is 0 Å². The topological polar surface area (TPSA) is 46.1 Å². The molecule has 1 aliphatic heterocycles. The van der Waals surface area contributed by atoms with Crippen LogP contribution in [0.5, 0.6) is 0 Å². The highest BCUT2D eigenvalue weighted by Crippen LogP contribution is 2.07. The van der Waals surface area contributed by atoms with Gasteiger partial charge in [-0.05, 0) is 0 Å². The van der Waals surface area contributed by atoms with Crippen LogP contribution in [0.1, 0.15) is 5.69 Å². The molecule has 1 amide bonds. The monoisotopic (exact) mass is 152 g/mol. The fraction of sp³-hybridized carbons (Fsp3) is 0.429. The molecule has 4 heteroatoms. The molecule has 0 spiro atoms. The van der Waals surface area contributed by atoms with E-state index >= 15 is 0 Å². The van der Waals surface area contributed by atoms with Gasteiger partial charge in [-0.2, -0.15) is 0 Å².